The molecule has 144 valence electrons. The van der Waals surface area contributed by atoms with Crippen molar-refractivity contribution in [1.82, 2.24) is 9.80 Å². The number of halogens is 4. The van der Waals surface area contributed by atoms with Crippen LogP contribution in [-0.2, 0) is 11.0 Å². The molecule has 0 aromatic heterocycles. The van der Waals surface area contributed by atoms with Crippen LogP contribution in [0.5, 0.6) is 0 Å². The van der Waals surface area contributed by atoms with Crippen molar-refractivity contribution >= 4 is 11.9 Å². The highest BCUT2D eigenvalue weighted by atomic mass is 19.4. The lowest BCUT2D eigenvalue weighted by Gasteiger charge is -2.37. The van der Waals surface area contributed by atoms with E-state index in [1.54, 1.807) is 4.90 Å². The van der Waals surface area contributed by atoms with Gasteiger partial charge in [-0.25, -0.2) is 4.39 Å². The van der Waals surface area contributed by atoms with Crippen molar-refractivity contribution in [3.8, 4) is 0 Å². The number of aliphatic carboxylic acids is 1. The maximum Gasteiger partial charge on any atom is 0.417 e. The van der Waals surface area contributed by atoms with Gasteiger partial charge in [0.2, 0.25) is 0 Å². The van der Waals surface area contributed by atoms with E-state index in [4.69, 9.17) is 5.11 Å². The van der Waals surface area contributed by atoms with E-state index in [0.29, 0.717) is 25.5 Å². The van der Waals surface area contributed by atoms with Gasteiger partial charge in [0.15, 0.2) is 0 Å². The topological polar surface area (TPSA) is 60.9 Å². The number of likely N-dealkylation sites (N-methyl/N-ethyl adjacent to an activating group) is 1. The Balaban J connectivity index is 2.11. The van der Waals surface area contributed by atoms with Crippen molar-refractivity contribution in [3.05, 3.63) is 35.1 Å². The number of benzene rings is 1. The maximum absolute atomic E-state index is 13.2. The lowest BCUT2D eigenvalue weighted by molar-refractivity contribution is -0.139. The van der Waals surface area contributed by atoms with Crippen molar-refractivity contribution < 1.29 is 32.3 Å². The van der Waals surface area contributed by atoms with E-state index in [0.717, 1.165) is 12.1 Å². The van der Waals surface area contributed by atoms with Gasteiger partial charge in [0.05, 0.1) is 17.7 Å². The third-order valence-corrected chi connectivity index (χ3v) is 4.53. The van der Waals surface area contributed by atoms with Gasteiger partial charge in [0.1, 0.15) is 5.82 Å². The minimum absolute atomic E-state index is 0.0459. The molecule has 0 atom stereocenters. The number of amides is 1. The number of rotatable bonds is 5. The van der Waals surface area contributed by atoms with Gasteiger partial charge in [-0.15, -0.1) is 0 Å². The molecule has 0 saturated carbocycles. The molecule has 1 saturated heterocycles. The molecule has 0 bridgehead atoms. The number of carboxylic acids is 1. The minimum atomic E-state index is -4.83. The van der Waals surface area contributed by atoms with Crippen LogP contribution in [0.15, 0.2) is 18.2 Å². The number of likely N-dealkylation sites (tertiary alicyclic amines) is 1. The van der Waals surface area contributed by atoms with E-state index in [2.05, 4.69) is 0 Å². The Kier molecular flexibility index (Phi) is 6.22. The summed E-state index contributed by atoms with van der Waals surface area (Å²) in [6.07, 6.45) is -3.89. The molecule has 0 spiro atoms. The van der Waals surface area contributed by atoms with Crippen LogP contribution in [0.2, 0.25) is 0 Å². The van der Waals surface area contributed by atoms with Gasteiger partial charge in [-0.2, -0.15) is 13.2 Å². The quantitative estimate of drug-likeness (QED) is 0.803. The summed E-state index contributed by atoms with van der Waals surface area (Å²) in [5, 5.41) is 8.92. The summed E-state index contributed by atoms with van der Waals surface area (Å²) in [6, 6.07) is 1.97. The molecule has 26 heavy (non-hydrogen) atoms. The predicted molar refractivity (Wildman–Crippen MR) is 85.2 cm³/mol. The molecule has 1 amide bonds. The van der Waals surface area contributed by atoms with Crippen molar-refractivity contribution in [1.29, 1.82) is 0 Å². The number of carbonyl (C=O) groups excluding carboxylic acids is 1. The highest BCUT2D eigenvalue weighted by Crippen LogP contribution is 2.33. The first-order valence-corrected chi connectivity index (χ1v) is 8.25. The molecule has 1 aromatic carbocycles. The highest BCUT2D eigenvalue weighted by molar-refractivity contribution is 5.96. The fourth-order valence-corrected chi connectivity index (χ4v) is 3.21. The first kappa shape index (κ1) is 20.2. The number of piperidine rings is 1. The van der Waals surface area contributed by atoms with E-state index in [-0.39, 0.29) is 25.7 Å². The van der Waals surface area contributed by atoms with Crippen molar-refractivity contribution in [2.75, 3.05) is 26.2 Å². The van der Waals surface area contributed by atoms with E-state index in [1.807, 2.05) is 6.92 Å². The third-order valence-electron chi connectivity index (χ3n) is 4.53. The highest BCUT2D eigenvalue weighted by Gasteiger charge is 2.37. The average molecular weight is 376 g/mol. The number of hydrogen-bond donors (Lipinski definition) is 1. The molecule has 1 aliphatic rings. The van der Waals surface area contributed by atoms with Crippen LogP contribution in [0.3, 0.4) is 0 Å². The van der Waals surface area contributed by atoms with E-state index in [9.17, 15) is 27.2 Å². The smallest absolute Gasteiger partial charge is 0.417 e. The molecule has 1 aromatic rings. The Bertz CT molecular complexity index is 670. The SMILES string of the molecule is CCN(CC(=O)O)C1CCN(C(=O)c2ccc(F)cc2C(F)(F)F)CC1. The number of nitrogens with zero attached hydrogens (tertiary/aromatic N) is 2. The Morgan fingerprint density at radius 1 is 1.27 bits per heavy atom. The van der Waals surface area contributed by atoms with Gasteiger partial charge in [0, 0.05) is 19.1 Å². The zero-order chi connectivity index (χ0) is 19.5. The fraction of sp³-hybridized carbons (Fsp3) is 0.529. The summed E-state index contributed by atoms with van der Waals surface area (Å²) in [5.41, 5.74) is -1.86. The van der Waals surface area contributed by atoms with Crippen LogP contribution in [0.1, 0.15) is 35.7 Å². The molecule has 1 fully saturated rings. The largest absolute Gasteiger partial charge is 0.480 e. The fourth-order valence-electron chi connectivity index (χ4n) is 3.21. The Labute approximate surface area is 148 Å². The van der Waals surface area contributed by atoms with Crippen molar-refractivity contribution in [3.63, 3.8) is 0 Å². The van der Waals surface area contributed by atoms with E-state index < -0.39 is 35.0 Å². The second-order valence-corrected chi connectivity index (χ2v) is 6.17. The zero-order valence-corrected chi connectivity index (χ0v) is 14.2. The average Bonchev–Trinajstić information content (AvgIpc) is 2.58. The molecule has 0 unspecified atom stereocenters. The minimum Gasteiger partial charge on any atom is -0.480 e. The van der Waals surface area contributed by atoms with Crippen LogP contribution in [0.4, 0.5) is 17.6 Å². The van der Waals surface area contributed by atoms with E-state index in [1.165, 1.54) is 4.90 Å². The second kappa shape index (κ2) is 8.03. The van der Waals surface area contributed by atoms with E-state index >= 15 is 0 Å². The summed E-state index contributed by atoms with van der Waals surface area (Å²) in [4.78, 5) is 26.4. The molecule has 2 rings (SSSR count). The van der Waals surface area contributed by atoms with Crippen LogP contribution < -0.4 is 0 Å². The molecule has 1 N–H and O–H groups in total. The molecule has 5 nitrogen and oxygen atoms in total. The molecule has 0 aliphatic carbocycles. The third kappa shape index (κ3) is 4.72. The first-order chi connectivity index (χ1) is 12.1. The van der Waals surface area contributed by atoms with Gasteiger partial charge >= 0.3 is 12.1 Å². The molecule has 0 radical (unpaired) electrons. The normalized spacial score (nSPS) is 16.2. The van der Waals surface area contributed by atoms with Crippen LogP contribution in [0.25, 0.3) is 0 Å². The Hall–Kier alpha value is -2.16. The monoisotopic (exact) mass is 376 g/mol. The van der Waals surface area contributed by atoms with Crippen LogP contribution in [0, 0.1) is 5.82 Å². The van der Waals surface area contributed by atoms with Gasteiger partial charge < -0.3 is 10.0 Å². The standard InChI is InChI=1S/C17H20F4N2O3/c1-2-22(10-15(24)25)12-5-7-23(8-6-12)16(26)13-4-3-11(18)9-14(13)17(19,20)21/h3-4,9,12H,2,5-8,10H2,1H3,(H,24,25). The molecule has 9 heteroatoms. The predicted octanol–water partition coefficient (Wildman–Crippen LogP) is 2.86. The molecular formula is C17H20F4N2O3. The summed E-state index contributed by atoms with van der Waals surface area (Å²) < 4.78 is 52.5. The lowest BCUT2D eigenvalue weighted by atomic mass is 10.00. The number of alkyl halides is 3. The van der Waals surface area contributed by atoms with Gasteiger partial charge in [-0.3, -0.25) is 14.5 Å². The van der Waals surface area contributed by atoms with Gasteiger partial charge in [-0.1, -0.05) is 6.92 Å². The Morgan fingerprint density at radius 3 is 2.38 bits per heavy atom. The molecular weight excluding hydrogens is 356 g/mol. The lowest BCUT2D eigenvalue weighted by Crippen LogP contribution is -2.48. The number of carbonyl (C=O) groups is 2. The number of hydrogen-bond acceptors (Lipinski definition) is 3. The van der Waals surface area contributed by atoms with Crippen molar-refractivity contribution in [2.45, 2.75) is 32.0 Å². The Morgan fingerprint density at radius 2 is 1.88 bits per heavy atom. The summed E-state index contributed by atoms with van der Waals surface area (Å²) in [7, 11) is 0. The maximum atomic E-state index is 13.2. The second-order valence-electron chi connectivity index (χ2n) is 6.17. The van der Waals surface area contributed by atoms with Crippen molar-refractivity contribution in [2.24, 2.45) is 0 Å². The van der Waals surface area contributed by atoms with Gasteiger partial charge in [0.25, 0.3) is 5.91 Å². The molecule has 1 aliphatic heterocycles. The molecule has 1 heterocycles. The van der Waals surface area contributed by atoms with Crippen LogP contribution >= 0.6 is 0 Å². The first-order valence-electron chi connectivity index (χ1n) is 8.25. The summed E-state index contributed by atoms with van der Waals surface area (Å²) in [6.45, 7) is 2.67. The van der Waals surface area contributed by atoms with Gasteiger partial charge in [-0.05, 0) is 37.6 Å². The number of carboxylic acid groups (broad SMARTS) is 1. The van der Waals surface area contributed by atoms with Crippen LogP contribution in [-0.4, -0.2) is 59.0 Å². The zero-order valence-electron chi connectivity index (χ0n) is 14.2. The summed E-state index contributed by atoms with van der Waals surface area (Å²) >= 11 is 0. The summed E-state index contributed by atoms with van der Waals surface area (Å²) in [5.74, 6) is -2.80.